The first kappa shape index (κ1) is 19.2. The smallest absolute Gasteiger partial charge is 0.290 e. The summed E-state index contributed by atoms with van der Waals surface area (Å²) in [6, 6.07) is 12.1. The van der Waals surface area contributed by atoms with Gasteiger partial charge < -0.3 is 20.0 Å². The van der Waals surface area contributed by atoms with Crippen LogP contribution in [0.25, 0.3) is 0 Å². The molecule has 1 aromatic carbocycles. The van der Waals surface area contributed by atoms with E-state index in [9.17, 15) is 14.4 Å². The first-order valence-electron chi connectivity index (χ1n) is 10.0. The predicted octanol–water partition coefficient (Wildman–Crippen LogP) is 2.27. The van der Waals surface area contributed by atoms with Gasteiger partial charge in [0.2, 0.25) is 11.8 Å². The van der Waals surface area contributed by atoms with Crippen molar-refractivity contribution in [2.45, 2.75) is 37.3 Å². The summed E-state index contributed by atoms with van der Waals surface area (Å²) in [6.45, 7) is 0.573. The fraction of sp³-hybridized carbons (Fsp3) is 0.409. The molecule has 152 valence electrons. The number of carbonyl (C=O) groups is 3. The molecule has 0 unspecified atom stereocenters. The Hall–Kier alpha value is -3.09. The Labute approximate surface area is 169 Å². The van der Waals surface area contributed by atoms with Crippen molar-refractivity contribution >= 4 is 17.7 Å². The van der Waals surface area contributed by atoms with Crippen LogP contribution < -0.4 is 10.6 Å². The largest absolute Gasteiger partial charge is 0.459 e. The first-order chi connectivity index (χ1) is 14.1. The lowest BCUT2D eigenvalue weighted by Gasteiger charge is -2.39. The molecule has 3 atom stereocenters. The molecule has 3 heterocycles. The number of furan rings is 1. The molecule has 0 radical (unpaired) electrons. The number of nitrogens with one attached hydrogen (secondary N) is 2. The Morgan fingerprint density at radius 2 is 1.97 bits per heavy atom. The molecule has 0 saturated carbocycles. The number of benzene rings is 1. The van der Waals surface area contributed by atoms with Crippen LogP contribution in [0.3, 0.4) is 0 Å². The quantitative estimate of drug-likeness (QED) is 0.834. The number of carbonyl (C=O) groups excluding carboxylic acids is 3. The van der Waals surface area contributed by atoms with Crippen molar-refractivity contribution in [1.82, 2.24) is 15.5 Å². The van der Waals surface area contributed by atoms with E-state index in [1.54, 1.807) is 24.1 Å². The number of likely N-dealkylation sites (tertiary alicyclic amines) is 1. The molecule has 2 aliphatic rings. The molecule has 2 saturated heterocycles. The van der Waals surface area contributed by atoms with Crippen molar-refractivity contribution in [2.75, 3.05) is 13.6 Å². The van der Waals surface area contributed by atoms with Crippen LogP contribution in [0.5, 0.6) is 0 Å². The average molecular weight is 395 g/mol. The summed E-state index contributed by atoms with van der Waals surface area (Å²) in [6.07, 6.45) is 3.88. The lowest BCUT2D eigenvalue weighted by Crippen LogP contribution is -2.57. The van der Waals surface area contributed by atoms with E-state index in [4.69, 9.17) is 4.42 Å². The van der Waals surface area contributed by atoms with Crippen molar-refractivity contribution in [3.05, 3.63) is 60.1 Å². The molecule has 2 N–H and O–H groups in total. The topological polar surface area (TPSA) is 91.7 Å². The van der Waals surface area contributed by atoms with E-state index >= 15 is 0 Å². The minimum absolute atomic E-state index is 0.167. The second-order valence-electron chi connectivity index (χ2n) is 7.68. The zero-order valence-corrected chi connectivity index (χ0v) is 16.4. The van der Waals surface area contributed by atoms with Gasteiger partial charge in [-0.25, -0.2) is 0 Å². The SMILES string of the molecule is CNC(=O)[C@H]1C[C@]2(CCCCNC2=O)N(C(=O)c2ccco2)[C@H]1c1ccccc1. The molecule has 2 fully saturated rings. The van der Waals surface area contributed by atoms with Gasteiger partial charge >= 0.3 is 0 Å². The summed E-state index contributed by atoms with van der Waals surface area (Å²) >= 11 is 0. The zero-order valence-electron chi connectivity index (χ0n) is 16.4. The molecule has 0 bridgehead atoms. The molecule has 7 heteroatoms. The molecule has 29 heavy (non-hydrogen) atoms. The third-order valence-electron chi connectivity index (χ3n) is 6.08. The van der Waals surface area contributed by atoms with E-state index in [-0.39, 0.29) is 29.9 Å². The summed E-state index contributed by atoms with van der Waals surface area (Å²) in [5.41, 5.74) is -0.257. The molecule has 0 aliphatic carbocycles. The fourth-order valence-corrected chi connectivity index (χ4v) is 4.76. The standard InChI is InChI=1S/C22H25N3O4/c1-23-19(26)16-14-22(11-5-6-12-24-21(22)28)25(20(27)17-10-7-13-29-17)18(16)15-8-3-2-4-9-15/h2-4,7-10,13,16,18H,5-6,11-12,14H2,1H3,(H,23,26)(H,24,28)/t16-,18-,22-/m0/s1. The Balaban J connectivity index is 1.89. The van der Waals surface area contributed by atoms with Crippen LogP contribution in [0.4, 0.5) is 0 Å². The van der Waals surface area contributed by atoms with Crippen LogP contribution in [0.1, 0.15) is 47.8 Å². The summed E-state index contributed by atoms with van der Waals surface area (Å²) in [5.74, 6) is -1.11. The monoisotopic (exact) mass is 395 g/mol. The van der Waals surface area contributed by atoms with Crippen molar-refractivity contribution in [1.29, 1.82) is 0 Å². The highest BCUT2D eigenvalue weighted by molar-refractivity contribution is 6.00. The number of hydrogen-bond acceptors (Lipinski definition) is 4. The lowest BCUT2D eigenvalue weighted by molar-refractivity contribution is -0.131. The minimum atomic E-state index is -1.09. The summed E-state index contributed by atoms with van der Waals surface area (Å²) < 4.78 is 5.39. The summed E-state index contributed by atoms with van der Waals surface area (Å²) in [5, 5.41) is 5.68. The van der Waals surface area contributed by atoms with Crippen LogP contribution >= 0.6 is 0 Å². The van der Waals surface area contributed by atoms with Gasteiger partial charge in [0.1, 0.15) is 5.54 Å². The van der Waals surface area contributed by atoms with Crippen LogP contribution in [0, 0.1) is 5.92 Å². The Morgan fingerprint density at radius 3 is 2.66 bits per heavy atom. The summed E-state index contributed by atoms with van der Waals surface area (Å²) in [4.78, 5) is 41.4. The molecule has 4 rings (SSSR count). The van der Waals surface area contributed by atoms with E-state index in [1.165, 1.54) is 6.26 Å². The number of rotatable bonds is 3. The molecule has 7 nitrogen and oxygen atoms in total. The van der Waals surface area contributed by atoms with Crippen molar-refractivity contribution in [3.63, 3.8) is 0 Å². The Bertz CT molecular complexity index is 896. The molecule has 2 aromatic rings. The maximum absolute atomic E-state index is 13.6. The van der Waals surface area contributed by atoms with Gasteiger partial charge in [-0.05, 0) is 43.4 Å². The van der Waals surface area contributed by atoms with Crippen molar-refractivity contribution in [2.24, 2.45) is 5.92 Å². The Morgan fingerprint density at radius 1 is 1.17 bits per heavy atom. The second kappa shape index (κ2) is 7.73. The molecule has 1 aromatic heterocycles. The van der Waals surface area contributed by atoms with E-state index in [2.05, 4.69) is 10.6 Å². The van der Waals surface area contributed by atoms with Gasteiger partial charge in [0.25, 0.3) is 5.91 Å². The van der Waals surface area contributed by atoms with Gasteiger partial charge in [0.05, 0.1) is 18.2 Å². The van der Waals surface area contributed by atoms with Crippen LogP contribution in [0.15, 0.2) is 53.1 Å². The van der Waals surface area contributed by atoms with Gasteiger partial charge in [0.15, 0.2) is 5.76 Å². The second-order valence-corrected chi connectivity index (χ2v) is 7.68. The van der Waals surface area contributed by atoms with Gasteiger partial charge in [-0.2, -0.15) is 0 Å². The Kier molecular flexibility index (Phi) is 5.13. The molecular weight excluding hydrogens is 370 g/mol. The molecule has 2 aliphatic heterocycles. The fourth-order valence-electron chi connectivity index (χ4n) is 4.76. The van der Waals surface area contributed by atoms with E-state index in [1.807, 2.05) is 30.3 Å². The van der Waals surface area contributed by atoms with Crippen LogP contribution in [-0.4, -0.2) is 41.8 Å². The third-order valence-corrected chi connectivity index (χ3v) is 6.08. The van der Waals surface area contributed by atoms with Gasteiger partial charge in [-0.3, -0.25) is 14.4 Å². The predicted molar refractivity (Wildman–Crippen MR) is 106 cm³/mol. The van der Waals surface area contributed by atoms with Crippen molar-refractivity contribution < 1.29 is 18.8 Å². The van der Waals surface area contributed by atoms with Gasteiger partial charge in [-0.15, -0.1) is 0 Å². The highest BCUT2D eigenvalue weighted by Crippen LogP contribution is 2.50. The van der Waals surface area contributed by atoms with E-state index < -0.39 is 17.5 Å². The lowest BCUT2D eigenvalue weighted by atomic mass is 9.85. The highest BCUT2D eigenvalue weighted by atomic mass is 16.3. The van der Waals surface area contributed by atoms with E-state index in [0.29, 0.717) is 13.0 Å². The molecule has 3 amide bonds. The molecular formula is C22H25N3O4. The zero-order chi connectivity index (χ0) is 20.4. The average Bonchev–Trinajstić information content (AvgIpc) is 3.36. The number of hydrogen-bond donors (Lipinski definition) is 2. The summed E-state index contributed by atoms with van der Waals surface area (Å²) in [7, 11) is 1.58. The van der Waals surface area contributed by atoms with E-state index in [0.717, 1.165) is 18.4 Å². The maximum atomic E-state index is 13.6. The van der Waals surface area contributed by atoms with Gasteiger partial charge in [0, 0.05) is 13.6 Å². The van der Waals surface area contributed by atoms with Gasteiger partial charge in [-0.1, -0.05) is 30.3 Å². The normalized spacial score (nSPS) is 26.8. The van der Waals surface area contributed by atoms with Crippen LogP contribution in [0.2, 0.25) is 0 Å². The number of nitrogens with zero attached hydrogens (tertiary/aromatic N) is 1. The maximum Gasteiger partial charge on any atom is 0.290 e. The number of amides is 3. The first-order valence-corrected chi connectivity index (χ1v) is 10.0. The molecule has 1 spiro atoms. The van der Waals surface area contributed by atoms with Crippen LogP contribution in [-0.2, 0) is 9.59 Å². The minimum Gasteiger partial charge on any atom is -0.459 e. The van der Waals surface area contributed by atoms with Crippen molar-refractivity contribution in [3.8, 4) is 0 Å². The highest BCUT2D eigenvalue weighted by Gasteiger charge is 2.60. The third kappa shape index (κ3) is 3.20.